The Labute approximate surface area is 116 Å². The summed E-state index contributed by atoms with van der Waals surface area (Å²) >= 11 is 0. The minimum atomic E-state index is -0.515. The molecule has 0 saturated heterocycles. The summed E-state index contributed by atoms with van der Waals surface area (Å²) in [6, 6.07) is 4.88. The molecular formula is C13H17N3O4. The van der Waals surface area contributed by atoms with Crippen molar-refractivity contribution in [2.75, 3.05) is 6.61 Å². The van der Waals surface area contributed by atoms with Crippen molar-refractivity contribution in [1.82, 2.24) is 5.32 Å². The van der Waals surface area contributed by atoms with Gasteiger partial charge in [0.1, 0.15) is 0 Å². The van der Waals surface area contributed by atoms with Crippen LogP contribution < -0.4 is 15.8 Å². The summed E-state index contributed by atoms with van der Waals surface area (Å²) in [7, 11) is 0. The standard InChI is InChI=1S/C13H17N3O4/c14-8-9-1-4-12(11(7-9)16(18)19)20-6-5-13(17)15-10-2-3-10/h1,4,7,10H,2-3,5-6,8,14H2,(H,15,17). The summed E-state index contributed by atoms with van der Waals surface area (Å²) in [5, 5.41) is 13.8. The average molecular weight is 279 g/mol. The molecular weight excluding hydrogens is 262 g/mol. The topological polar surface area (TPSA) is 107 Å². The molecule has 1 aromatic rings. The van der Waals surface area contributed by atoms with Crippen LogP contribution in [0.15, 0.2) is 18.2 Å². The predicted octanol–water partition coefficient (Wildman–Crippen LogP) is 1.10. The van der Waals surface area contributed by atoms with Gasteiger partial charge in [-0.2, -0.15) is 0 Å². The third-order valence-corrected chi connectivity index (χ3v) is 2.98. The maximum atomic E-state index is 11.5. The van der Waals surface area contributed by atoms with Crippen LogP contribution in [0.1, 0.15) is 24.8 Å². The van der Waals surface area contributed by atoms with Gasteiger partial charge >= 0.3 is 5.69 Å². The van der Waals surface area contributed by atoms with Gasteiger partial charge < -0.3 is 15.8 Å². The maximum absolute atomic E-state index is 11.5. The van der Waals surface area contributed by atoms with E-state index < -0.39 is 4.92 Å². The number of nitrogens with one attached hydrogen (secondary N) is 1. The van der Waals surface area contributed by atoms with Crippen LogP contribution in [0.3, 0.4) is 0 Å². The number of benzene rings is 1. The average Bonchev–Trinajstić information content (AvgIpc) is 3.22. The summed E-state index contributed by atoms with van der Waals surface area (Å²) in [6.07, 6.45) is 2.24. The summed E-state index contributed by atoms with van der Waals surface area (Å²) < 4.78 is 5.33. The molecule has 0 radical (unpaired) electrons. The van der Waals surface area contributed by atoms with E-state index >= 15 is 0 Å². The quantitative estimate of drug-likeness (QED) is 0.574. The van der Waals surface area contributed by atoms with Gasteiger partial charge in [-0.25, -0.2) is 0 Å². The van der Waals surface area contributed by atoms with E-state index in [-0.39, 0.29) is 36.9 Å². The third-order valence-electron chi connectivity index (χ3n) is 2.98. The highest BCUT2D eigenvalue weighted by molar-refractivity contribution is 5.76. The first-order valence-corrected chi connectivity index (χ1v) is 6.49. The number of hydrogen-bond donors (Lipinski definition) is 2. The zero-order valence-electron chi connectivity index (χ0n) is 11.0. The van der Waals surface area contributed by atoms with Gasteiger partial charge in [-0.15, -0.1) is 0 Å². The number of nitro groups is 1. The summed E-state index contributed by atoms with van der Waals surface area (Å²) in [5.41, 5.74) is 5.98. The lowest BCUT2D eigenvalue weighted by Gasteiger charge is -2.08. The van der Waals surface area contributed by atoms with E-state index in [4.69, 9.17) is 10.5 Å². The van der Waals surface area contributed by atoms with Crippen molar-refractivity contribution in [3.63, 3.8) is 0 Å². The van der Waals surface area contributed by atoms with E-state index in [0.29, 0.717) is 11.6 Å². The van der Waals surface area contributed by atoms with Crippen molar-refractivity contribution in [1.29, 1.82) is 0 Å². The molecule has 0 unspecified atom stereocenters. The van der Waals surface area contributed by atoms with Crippen LogP contribution in [0.2, 0.25) is 0 Å². The second-order valence-electron chi connectivity index (χ2n) is 4.70. The fourth-order valence-corrected chi connectivity index (χ4v) is 1.74. The second-order valence-corrected chi connectivity index (χ2v) is 4.70. The van der Waals surface area contributed by atoms with Crippen LogP contribution in [0.4, 0.5) is 5.69 Å². The van der Waals surface area contributed by atoms with Gasteiger partial charge in [0, 0.05) is 18.7 Å². The predicted molar refractivity (Wildman–Crippen MR) is 72.3 cm³/mol. The molecule has 0 spiro atoms. The molecule has 7 heteroatoms. The van der Waals surface area contributed by atoms with Gasteiger partial charge in [-0.1, -0.05) is 6.07 Å². The van der Waals surface area contributed by atoms with Crippen molar-refractivity contribution >= 4 is 11.6 Å². The Kier molecular flexibility index (Phi) is 4.52. The fraction of sp³-hybridized carbons (Fsp3) is 0.462. The van der Waals surface area contributed by atoms with Crippen molar-refractivity contribution in [3.05, 3.63) is 33.9 Å². The van der Waals surface area contributed by atoms with Crippen LogP contribution in [-0.4, -0.2) is 23.5 Å². The lowest BCUT2D eigenvalue weighted by atomic mass is 10.2. The Hall–Kier alpha value is -2.15. The van der Waals surface area contributed by atoms with Crippen LogP contribution in [0.25, 0.3) is 0 Å². The first kappa shape index (κ1) is 14.3. The second kappa shape index (κ2) is 6.33. The Morgan fingerprint density at radius 3 is 2.85 bits per heavy atom. The zero-order valence-corrected chi connectivity index (χ0v) is 11.0. The number of nitrogens with zero attached hydrogens (tertiary/aromatic N) is 1. The molecule has 0 atom stereocenters. The largest absolute Gasteiger partial charge is 0.486 e. The number of nitrogens with two attached hydrogens (primary N) is 1. The molecule has 0 bridgehead atoms. The number of amides is 1. The van der Waals surface area contributed by atoms with Crippen LogP contribution in [0.5, 0.6) is 5.75 Å². The van der Waals surface area contributed by atoms with Crippen LogP contribution in [-0.2, 0) is 11.3 Å². The summed E-state index contributed by atoms with van der Waals surface area (Å²) in [4.78, 5) is 21.9. The monoisotopic (exact) mass is 279 g/mol. The highest BCUT2D eigenvalue weighted by Crippen LogP contribution is 2.28. The highest BCUT2D eigenvalue weighted by atomic mass is 16.6. The van der Waals surface area contributed by atoms with Crippen molar-refractivity contribution in [2.45, 2.75) is 31.8 Å². The van der Waals surface area contributed by atoms with Gasteiger partial charge in [0.05, 0.1) is 18.0 Å². The molecule has 0 aliphatic heterocycles. The van der Waals surface area contributed by atoms with E-state index in [9.17, 15) is 14.9 Å². The number of hydrogen-bond acceptors (Lipinski definition) is 5. The number of rotatable bonds is 7. The number of nitro benzene ring substituents is 1. The molecule has 1 aliphatic carbocycles. The smallest absolute Gasteiger partial charge is 0.311 e. The van der Waals surface area contributed by atoms with E-state index in [2.05, 4.69) is 5.32 Å². The molecule has 1 amide bonds. The molecule has 7 nitrogen and oxygen atoms in total. The molecule has 1 aromatic carbocycles. The highest BCUT2D eigenvalue weighted by Gasteiger charge is 2.23. The minimum absolute atomic E-state index is 0.0891. The number of ether oxygens (including phenoxy) is 1. The Morgan fingerprint density at radius 1 is 1.50 bits per heavy atom. The van der Waals surface area contributed by atoms with Gasteiger partial charge in [-0.05, 0) is 24.5 Å². The van der Waals surface area contributed by atoms with Gasteiger partial charge in [0.15, 0.2) is 5.75 Å². The molecule has 3 N–H and O–H groups in total. The molecule has 20 heavy (non-hydrogen) atoms. The molecule has 1 aliphatic rings. The van der Waals surface area contributed by atoms with E-state index in [0.717, 1.165) is 12.8 Å². The third kappa shape index (κ3) is 3.92. The van der Waals surface area contributed by atoms with Crippen molar-refractivity contribution in [2.24, 2.45) is 5.73 Å². The summed E-state index contributed by atoms with van der Waals surface area (Å²) in [5.74, 6) is 0.0696. The maximum Gasteiger partial charge on any atom is 0.311 e. The fourth-order valence-electron chi connectivity index (χ4n) is 1.74. The number of carbonyl (C=O) groups excluding carboxylic acids is 1. The first-order valence-electron chi connectivity index (χ1n) is 6.49. The van der Waals surface area contributed by atoms with Gasteiger partial charge in [0.2, 0.25) is 5.91 Å². The zero-order chi connectivity index (χ0) is 14.5. The SMILES string of the molecule is NCc1ccc(OCCC(=O)NC2CC2)c([N+](=O)[O-])c1. The van der Waals surface area contributed by atoms with Gasteiger partial charge in [-0.3, -0.25) is 14.9 Å². The van der Waals surface area contributed by atoms with Crippen molar-refractivity contribution in [3.8, 4) is 5.75 Å². The Balaban J connectivity index is 1.90. The van der Waals surface area contributed by atoms with Crippen LogP contribution >= 0.6 is 0 Å². The molecule has 1 fully saturated rings. The molecule has 1 saturated carbocycles. The first-order chi connectivity index (χ1) is 9.60. The Morgan fingerprint density at radius 2 is 2.25 bits per heavy atom. The normalized spacial score (nSPS) is 13.8. The lowest BCUT2D eigenvalue weighted by Crippen LogP contribution is -2.26. The van der Waals surface area contributed by atoms with E-state index in [1.807, 2.05) is 0 Å². The number of carbonyl (C=O) groups is 1. The molecule has 0 heterocycles. The van der Waals surface area contributed by atoms with Crippen LogP contribution in [0, 0.1) is 10.1 Å². The van der Waals surface area contributed by atoms with Gasteiger partial charge in [0.25, 0.3) is 0 Å². The summed E-state index contributed by atoms with van der Waals surface area (Å²) in [6.45, 7) is 0.340. The molecule has 2 rings (SSSR count). The van der Waals surface area contributed by atoms with Crippen molar-refractivity contribution < 1.29 is 14.5 Å². The molecule has 0 aromatic heterocycles. The van der Waals surface area contributed by atoms with E-state index in [1.54, 1.807) is 6.07 Å². The lowest BCUT2D eigenvalue weighted by molar-refractivity contribution is -0.385. The molecule has 108 valence electrons. The minimum Gasteiger partial charge on any atom is -0.486 e. The van der Waals surface area contributed by atoms with E-state index in [1.165, 1.54) is 12.1 Å². The Bertz CT molecular complexity index is 514.